The predicted octanol–water partition coefficient (Wildman–Crippen LogP) is 7.34. The molecule has 208 valence electrons. The van der Waals surface area contributed by atoms with Crippen LogP contribution in [0.4, 0.5) is 17.1 Å². The zero-order valence-electron chi connectivity index (χ0n) is 22.9. The number of fused-ring (bicyclic) bond motifs is 7. The van der Waals surface area contributed by atoms with Gasteiger partial charge in [0, 0.05) is 16.9 Å². The Morgan fingerprint density at radius 2 is 1.59 bits per heavy atom. The maximum Gasteiger partial charge on any atom is 0.261 e. The Labute approximate surface area is 241 Å². The van der Waals surface area contributed by atoms with Crippen LogP contribution in [0.3, 0.4) is 0 Å². The highest BCUT2D eigenvalue weighted by Crippen LogP contribution is 2.63. The van der Waals surface area contributed by atoms with Crippen LogP contribution < -0.4 is 15.4 Å². The fraction of sp³-hybridized carbons (Fsp3) is 0.265. The third-order valence-electron chi connectivity index (χ3n) is 9.32. The Morgan fingerprint density at radius 1 is 0.854 bits per heavy atom. The van der Waals surface area contributed by atoms with Gasteiger partial charge in [-0.25, -0.2) is 8.42 Å². The van der Waals surface area contributed by atoms with Crippen LogP contribution in [0.1, 0.15) is 58.3 Å². The molecule has 5 atom stereocenters. The van der Waals surface area contributed by atoms with Crippen molar-refractivity contribution in [3.8, 4) is 0 Å². The first-order valence-corrected chi connectivity index (χ1v) is 15.8. The lowest BCUT2D eigenvalue weighted by Crippen LogP contribution is -2.35. The van der Waals surface area contributed by atoms with E-state index in [-0.39, 0.29) is 10.8 Å². The topological polar surface area (TPSA) is 87.3 Å². The summed E-state index contributed by atoms with van der Waals surface area (Å²) in [5, 5.41) is 6.79. The summed E-state index contributed by atoms with van der Waals surface area (Å²) in [6.07, 6.45) is 3.82. The lowest BCUT2D eigenvalue weighted by molar-refractivity contribution is 0.102. The van der Waals surface area contributed by atoms with E-state index < -0.39 is 10.0 Å². The number of aryl methyl sites for hydroxylation is 1. The van der Waals surface area contributed by atoms with Crippen molar-refractivity contribution in [2.75, 3.05) is 15.4 Å². The van der Waals surface area contributed by atoms with Crippen LogP contribution >= 0.6 is 0 Å². The molecular weight excluding hydrogens is 530 g/mol. The summed E-state index contributed by atoms with van der Waals surface area (Å²) in [4.78, 5) is 13.5. The Kier molecular flexibility index (Phi) is 6.35. The molecule has 41 heavy (non-hydrogen) atoms. The highest BCUT2D eigenvalue weighted by atomic mass is 32.2. The normalized spacial score (nSPS) is 24.2. The first kappa shape index (κ1) is 25.8. The summed E-state index contributed by atoms with van der Waals surface area (Å²) in [5.41, 5.74) is 6.26. The standard InChI is InChI=1S/C34H33N3O3S/c1-21-7-5-6-10-29(21)37-41(39,40)27-16-14-26(15-17-27)35-34(38)25-13-18-30-28(20-25)31-23-11-12-24(19-23)32(31)33(36-30)22-8-3-2-4-9-22/h2-10,13-18,20,23-24,31-33,36-37H,11-12,19H2,1H3,(H,35,38)/t23-,24-,31-,32+,33-/m0/s1. The van der Waals surface area contributed by atoms with Gasteiger partial charge in [-0.2, -0.15) is 0 Å². The average molecular weight is 564 g/mol. The van der Waals surface area contributed by atoms with Crippen LogP contribution in [0.5, 0.6) is 0 Å². The molecule has 2 fully saturated rings. The second-order valence-corrected chi connectivity index (χ2v) is 13.4. The minimum Gasteiger partial charge on any atom is -0.378 e. The Hall–Kier alpha value is -4.10. The number of carbonyl (C=O) groups excluding carboxylic acids is 1. The number of amides is 1. The number of sulfonamides is 1. The van der Waals surface area contributed by atoms with Crippen LogP contribution in [-0.2, 0) is 10.0 Å². The molecule has 7 rings (SSSR count). The number of rotatable bonds is 6. The maximum atomic E-state index is 13.3. The van der Waals surface area contributed by atoms with E-state index in [9.17, 15) is 13.2 Å². The highest BCUT2D eigenvalue weighted by molar-refractivity contribution is 7.92. The third-order valence-corrected chi connectivity index (χ3v) is 10.7. The third kappa shape index (κ3) is 4.68. The fourth-order valence-corrected chi connectivity index (χ4v) is 8.56. The van der Waals surface area contributed by atoms with E-state index in [0.717, 1.165) is 11.3 Å². The molecule has 2 aliphatic carbocycles. The number of benzene rings is 4. The first-order valence-electron chi connectivity index (χ1n) is 14.3. The van der Waals surface area contributed by atoms with Crippen molar-refractivity contribution in [3.05, 3.63) is 119 Å². The largest absolute Gasteiger partial charge is 0.378 e. The van der Waals surface area contributed by atoms with Crippen molar-refractivity contribution in [2.45, 2.75) is 43.0 Å². The van der Waals surface area contributed by atoms with Crippen molar-refractivity contribution in [1.82, 2.24) is 0 Å². The fourth-order valence-electron chi connectivity index (χ4n) is 7.43. The van der Waals surface area contributed by atoms with E-state index in [4.69, 9.17) is 0 Å². The van der Waals surface area contributed by atoms with Crippen LogP contribution in [0, 0.1) is 24.7 Å². The number of nitrogens with one attached hydrogen (secondary N) is 3. The summed E-state index contributed by atoms with van der Waals surface area (Å²) in [5.74, 6) is 2.16. The molecule has 6 nitrogen and oxygen atoms in total. The molecule has 2 bridgehead atoms. The second-order valence-electron chi connectivity index (χ2n) is 11.7. The van der Waals surface area contributed by atoms with Gasteiger partial charge in [0.15, 0.2) is 0 Å². The van der Waals surface area contributed by atoms with Gasteiger partial charge < -0.3 is 10.6 Å². The van der Waals surface area contributed by atoms with Gasteiger partial charge in [0.25, 0.3) is 15.9 Å². The molecule has 3 aliphatic rings. The SMILES string of the molecule is Cc1ccccc1NS(=O)(=O)c1ccc(NC(=O)c2ccc3c(c2)[C@@H]2[C@H]4CC[C@@H](C4)[C@H]2[C@H](c2ccccc2)N3)cc1. The minimum atomic E-state index is -3.75. The molecule has 7 heteroatoms. The van der Waals surface area contributed by atoms with Gasteiger partial charge in [0.1, 0.15) is 0 Å². The molecule has 1 aliphatic heterocycles. The Balaban J connectivity index is 1.10. The van der Waals surface area contributed by atoms with E-state index in [1.807, 2.05) is 25.1 Å². The summed E-state index contributed by atoms with van der Waals surface area (Å²) in [6.45, 7) is 1.85. The Bertz CT molecular complexity index is 1720. The van der Waals surface area contributed by atoms with Gasteiger partial charge in [0.05, 0.1) is 16.6 Å². The number of anilines is 3. The summed E-state index contributed by atoms with van der Waals surface area (Å²) in [7, 11) is -3.75. The first-order chi connectivity index (χ1) is 19.9. The molecule has 3 N–H and O–H groups in total. The van der Waals surface area contributed by atoms with E-state index in [2.05, 4.69) is 57.8 Å². The van der Waals surface area contributed by atoms with E-state index >= 15 is 0 Å². The lowest BCUT2D eigenvalue weighted by Gasteiger charge is -2.43. The Morgan fingerprint density at radius 3 is 2.37 bits per heavy atom. The van der Waals surface area contributed by atoms with Gasteiger partial charge in [-0.05, 0) is 115 Å². The van der Waals surface area contributed by atoms with Gasteiger partial charge >= 0.3 is 0 Å². The summed E-state index contributed by atoms with van der Waals surface area (Å²) < 4.78 is 28.4. The van der Waals surface area contributed by atoms with E-state index in [0.29, 0.717) is 46.7 Å². The predicted molar refractivity (Wildman–Crippen MR) is 163 cm³/mol. The molecule has 0 aromatic heterocycles. The molecule has 0 spiro atoms. The van der Waals surface area contributed by atoms with Gasteiger partial charge in [-0.3, -0.25) is 9.52 Å². The molecular formula is C34H33N3O3S. The molecule has 4 aromatic carbocycles. The summed E-state index contributed by atoms with van der Waals surface area (Å²) in [6, 6.07) is 30.6. The zero-order valence-corrected chi connectivity index (χ0v) is 23.7. The number of hydrogen-bond donors (Lipinski definition) is 3. The molecule has 1 amide bonds. The van der Waals surface area contributed by atoms with Crippen molar-refractivity contribution < 1.29 is 13.2 Å². The van der Waals surface area contributed by atoms with E-state index in [1.165, 1.54) is 42.5 Å². The molecule has 1 heterocycles. The molecule has 0 unspecified atom stereocenters. The van der Waals surface area contributed by atoms with Gasteiger partial charge in [-0.1, -0.05) is 48.5 Å². The lowest BCUT2D eigenvalue weighted by atomic mass is 9.68. The van der Waals surface area contributed by atoms with E-state index in [1.54, 1.807) is 24.3 Å². The molecule has 0 saturated heterocycles. The minimum absolute atomic E-state index is 0.133. The molecule has 4 aromatic rings. The van der Waals surface area contributed by atoms with Crippen molar-refractivity contribution in [3.63, 3.8) is 0 Å². The number of hydrogen-bond acceptors (Lipinski definition) is 4. The highest BCUT2D eigenvalue weighted by Gasteiger charge is 2.53. The van der Waals surface area contributed by atoms with Crippen LogP contribution in [0.15, 0.2) is 102 Å². The van der Waals surface area contributed by atoms with Crippen molar-refractivity contribution in [1.29, 1.82) is 0 Å². The maximum absolute atomic E-state index is 13.3. The van der Waals surface area contributed by atoms with Crippen molar-refractivity contribution in [2.24, 2.45) is 17.8 Å². The monoisotopic (exact) mass is 563 g/mol. The smallest absolute Gasteiger partial charge is 0.261 e. The van der Waals surface area contributed by atoms with Crippen molar-refractivity contribution >= 4 is 33.0 Å². The van der Waals surface area contributed by atoms with Crippen LogP contribution in [-0.4, -0.2) is 14.3 Å². The second kappa shape index (κ2) is 10.1. The number of para-hydroxylation sites is 1. The average Bonchev–Trinajstić information content (AvgIpc) is 3.62. The number of carbonyl (C=O) groups is 1. The van der Waals surface area contributed by atoms with Crippen LogP contribution in [0.25, 0.3) is 0 Å². The molecule has 2 saturated carbocycles. The quantitative estimate of drug-likeness (QED) is 0.229. The van der Waals surface area contributed by atoms with Gasteiger partial charge in [-0.15, -0.1) is 0 Å². The molecule has 0 radical (unpaired) electrons. The van der Waals surface area contributed by atoms with Crippen LogP contribution in [0.2, 0.25) is 0 Å². The zero-order chi connectivity index (χ0) is 28.1. The van der Waals surface area contributed by atoms with Gasteiger partial charge in [0.2, 0.25) is 0 Å². The summed E-state index contributed by atoms with van der Waals surface area (Å²) >= 11 is 0.